The van der Waals surface area contributed by atoms with Crippen LogP contribution < -0.4 is 5.43 Å². The van der Waals surface area contributed by atoms with E-state index in [2.05, 4.69) is 71.1 Å². The summed E-state index contributed by atoms with van der Waals surface area (Å²) in [5, 5.41) is 2.05. The second kappa shape index (κ2) is 15.9. The lowest BCUT2D eigenvalue weighted by atomic mass is 9.90. The number of carbonyl (C=O) groups excluding carboxylic acids is 2. The molecule has 0 radical (unpaired) electrons. The smallest absolute Gasteiger partial charge is 0.265 e. The maximum Gasteiger partial charge on any atom is 0.265 e. The van der Waals surface area contributed by atoms with Gasteiger partial charge in [0.05, 0.1) is 0 Å². The molecule has 2 heterocycles. The van der Waals surface area contributed by atoms with Crippen molar-refractivity contribution in [3.63, 3.8) is 0 Å². The molecule has 1 N–H and O–H groups in total. The van der Waals surface area contributed by atoms with Crippen molar-refractivity contribution in [2.24, 2.45) is 11.8 Å². The molecule has 43 heavy (non-hydrogen) atoms. The van der Waals surface area contributed by atoms with Crippen molar-refractivity contribution in [2.45, 2.75) is 38.5 Å². The minimum Gasteiger partial charge on any atom is -0.339 e. The van der Waals surface area contributed by atoms with Gasteiger partial charge < -0.3 is 4.90 Å². The van der Waals surface area contributed by atoms with Crippen LogP contribution in [-0.2, 0) is 12.8 Å². The molecule has 2 amide bonds. The standard InChI is InChI=1S/C19H22N2O.C19H21NO/c22-19(18-9-5-2-6-10-18)20-21-13-11-17(12-14-21)15-16-7-3-1-4-8-16;21-19(18-9-5-2-6-10-18)20-13-11-17(12-14-20)15-16-7-3-1-4-8-16/h1-10,17H,11-15H2,(H,20,22);1-10,17H,11-15H2. The van der Waals surface area contributed by atoms with E-state index in [0.717, 1.165) is 70.3 Å². The molecule has 2 fully saturated rings. The van der Waals surface area contributed by atoms with Crippen LogP contribution in [0.5, 0.6) is 0 Å². The van der Waals surface area contributed by atoms with Crippen molar-refractivity contribution in [3.05, 3.63) is 144 Å². The Morgan fingerprint density at radius 2 is 0.930 bits per heavy atom. The minimum atomic E-state index is -0.0119. The van der Waals surface area contributed by atoms with Gasteiger partial charge >= 0.3 is 0 Å². The minimum absolute atomic E-state index is 0.0119. The Hall–Kier alpha value is -4.22. The third-order valence-corrected chi connectivity index (χ3v) is 8.57. The summed E-state index contributed by atoms with van der Waals surface area (Å²) >= 11 is 0. The van der Waals surface area contributed by atoms with Crippen LogP contribution in [0, 0.1) is 11.8 Å². The summed E-state index contributed by atoms with van der Waals surface area (Å²) in [5.41, 5.74) is 7.35. The number of hydrogen-bond acceptors (Lipinski definition) is 3. The zero-order chi connectivity index (χ0) is 29.7. The molecule has 0 atom stereocenters. The van der Waals surface area contributed by atoms with Crippen molar-refractivity contribution in [3.8, 4) is 0 Å². The molecule has 6 rings (SSSR count). The van der Waals surface area contributed by atoms with Crippen molar-refractivity contribution in [2.75, 3.05) is 26.2 Å². The number of amides is 2. The van der Waals surface area contributed by atoms with Gasteiger partial charge in [-0.05, 0) is 85.8 Å². The molecule has 0 bridgehead atoms. The normalized spacial score (nSPS) is 16.1. The van der Waals surface area contributed by atoms with Gasteiger partial charge in [-0.3, -0.25) is 15.0 Å². The number of hydrogen-bond donors (Lipinski definition) is 1. The van der Waals surface area contributed by atoms with Crippen LogP contribution >= 0.6 is 0 Å². The molecule has 4 aromatic rings. The van der Waals surface area contributed by atoms with E-state index in [1.165, 1.54) is 11.1 Å². The van der Waals surface area contributed by atoms with E-state index in [9.17, 15) is 9.59 Å². The SMILES string of the molecule is O=C(NN1CCC(Cc2ccccc2)CC1)c1ccccc1.O=C(c1ccccc1)N1CCC(Cc2ccccc2)CC1. The Labute approximate surface area is 256 Å². The highest BCUT2D eigenvalue weighted by Crippen LogP contribution is 2.23. The Balaban J connectivity index is 0.000000171. The van der Waals surface area contributed by atoms with E-state index < -0.39 is 0 Å². The average molecular weight is 574 g/mol. The number of rotatable bonds is 7. The Morgan fingerprint density at radius 1 is 0.535 bits per heavy atom. The van der Waals surface area contributed by atoms with Gasteiger partial charge in [0.15, 0.2) is 0 Å². The van der Waals surface area contributed by atoms with Crippen molar-refractivity contribution in [1.82, 2.24) is 15.3 Å². The van der Waals surface area contributed by atoms with E-state index in [1.54, 1.807) is 0 Å². The van der Waals surface area contributed by atoms with E-state index >= 15 is 0 Å². The summed E-state index contributed by atoms with van der Waals surface area (Å²) < 4.78 is 0. The van der Waals surface area contributed by atoms with E-state index in [4.69, 9.17) is 0 Å². The number of likely N-dealkylation sites (tertiary alicyclic amines) is 1. The number of piperidine rings is 2. The Kier molecular flexibility index (Phi) is 11.2. The lowest BCUT2D eigenvalue weighted by Crippen LogP contribution is -2.46. The second-order valence-corrected chi connectivity index (χ2v) is 11.7. The van der Waals surface area contributed by atoms with Crippen LogP contribution in [0.4, 0.5) is 0 Å². The molecule has 5 heteroatoms. The van der Waals surface area contributed by atoms with Crippen LogP contribution in [0.2, 0.25) is 0 Å². The highest BCUT2D eigenvalue weighted by molar-refractivity contribution is 5.94. The molecule has 0 aromatic heterocycles. The molecule has 2 aliphatic heterocycles. The first-order valence-corrected chi connectivity index (χ1v) is 15.7. The number of carbonyl (C=O) groups is 2. The summed E-state index contributed by atoms with van der Waals surface area (Å²) in [6, 6.07) is 40.3. The highest BCUT2D eigenvalue weighted by Gasteiger charge is 2.24. The molecule has 4 aromatic carbocycles. The molecular formula is C38H43N3O2. The van der Waals surface area contributed by atoms with Gasteiger partial charge in [-0.1, -0.05) is 97.1 Å². The fourth-order valence-corrected chi connectivity index (χ4v) is 6.04. The fourth-order valence-electron chi connectivity index (χ4n) is 6.04. The Morgan fingerprint density at radius 3 is 1.40 bits per heavy atom. The molecule has 222 valence electrons. The maximum atomic E-state index is 12.4. The number of benzene rings is 4. The quantitative estimate of drug-likeness (QED) is 0.257. The predicted octanol–water partition coefficient (Wildman–Crippen LogP) is 7.07. The lowest BCUT2D eigenvalue weighted by Gasteiger charge is -2.32. The monoisotopic (exact) mass is 573 g/mol. The first-order valence-electron chi connectivity index (χ1n) is 15.7. The summed E-state index contributed by atoms with van der Waals surface area (Å²) in [7, 11) is 0. The summed E-state index contributed by atoms with van der Waals surface area (Å²) in [6.07, 6.45) is 6.74. The van der Waals surface area contributed by atoms with Gasteiger partial charge in [-0.25, -0.2) is 5.01 Å². The van der Waals surface area contributed by atoms with Crippen LogP contribution in [0.1, 0.15) is 57.5 Å². The van der Waals surface area contributed by atoms with E-state index in [0.29, 0.717) is 17.4 Å². The van der Waals surface area contributed by atoms with Gasteiger partial charge in [-0.2, -0.15) is 0 Å². The summed E-state index contributed by atoms with van der Waals surface area (Å²) in [5.74, 6) is 1.58. The fraction of sp³-hybridized carbons (Fsp3) is 0.316. The van der Waals surface area contributed by atoms with Gasteiger partial charge in [0.25, 0.3) is 11.8 Å². The molecule has 0 spiro atoms. The highest BCUT2D eigenvalue weighted by atomic mass is 16.2. The number of nitrogens with zero attached hydrogens (tertiary/aromatic N) is 2. The van der Waals surface area contributed by atoms with Crippen LogP contribution in [0.3, 0.4) is 0 Å². The van der Waals surface area contributed by atoms with Gasteiger partial charge in [-0.15, -0.1) is 0 Å². The second-order valence-electron chi connectivity index (χ2n) is 11.7. The first kappa shape index (κ1) is 30.2. The summed E-state index contributed by atoms with van der Waals surface area (Å²) in [6.45, 7) is 3.61. The van der Waals surface area contributed by atoms with Crippen molar-refractivity contribution >= 4 is 11.8 Å². The molecule has 0 saturated carbocycles. The first-order chi connectivity index (χ1) is 21.1. The van der Waals surface area contributed by atoms with Gasteiger partial charge in [0.1, 0.15) is 0 Å². The topological polar surface area (TPSA) is 52.7 Å². The average Bonchev–Trinajstić information content (AvgIpc) is 3.08. The van der Waals surface area contributed by atoms with Gasteiger partial charge in [0.2, 0.25) is 0 Å². The number of nitrogens with one attached hydrogen (secondary N) is 1. The molecular weight excluding hydrogens is 530 g/mol. The Bertz CT molecular complexity index is 1380. The zero-order valence-corrected chi connectivity index (χ0v) is 25.0. The van der Waals surface area contributed by atoms with E-state index in [-0.39, 0.29) is 11.8 Å². The number of hydrazine groups is 1. The third-order valence-electron chi connectivity index (χ3n) is 8.57. The molecule has 2 aliphatic rings. The summed E-state index contributed by atoms with van der Waals surface area (Å²) in [4.78, 5) is 26.5. The molecule has 0 unspecified atom stereocenters. The largest absolute Gasteiger partial charge is 0.339 e. The molecule has 0 aliphatic carbocycles. The van der Waals surface area contributed by atoms with E-state index in [1.807, 2.05) is 65.6 Å². The van der Waals surface area contributed by atoms with Crippen molar-refractivity contribution < 1.29 is 9.59 Å². The van der Waals surface area contributed by atoms with Crippen LogP contribution in [0.15, 0.2) is 121 Å². The van der Waals surface area contributed by atoms with Crippen LogP contribution in [0.25, 0.3) is 0 Å². The zero-order valence-electron chi connectivity index (χ0n) is 25.0. The molecule has 5 nitrogen and oxygen atoms in total. The molecule has 2 saturated heterocycles. The van der Waals surface area contributed by atoms with Crippen LogP contribution in [-0.4, -0.2) is 47.9 Å². The predicted molar refractivity (Wildman–Crippen MR) is 174 cm³/mol. The maximum absolute atomic E-state index is 12.4. The lowest BCUT2D eigenvalue weighted by molar-refractivity contribution is 0.0687. The van der Waals surface area contributed by atoms with Gasteiger partial charge in [0, 0.05) is 37.3 Å². The third kappa shape index (κ3) is 9.39. The van der Waals surface area contributed by atoms with Crippen molar-refractivity contribution in [1.29, 1.82) is 0 Å².